The number of hydrogen-bond donors (Lipinski definition) is 1. The van der Waals surface area contributed by atoms with Gasteiger partial charge in [0.1, 0.15) is 11.1 Å². The summed E-state index contributed by atoms with van der Waals surface area (Å²) in [6.45, 7) is 12.5. The first-order chi connectivity index (χ1) is 16.9. The van der Waals surface area contributed by atoms with Gasteiger partial charge in [0.2, 0.25) is 0 Å². The third-order valence-electron chi connectivity index (χ3n) is 7.87. The van der Waals surface area contributed by atoms with Crippen molar-refractivity contribution in [3.63, 3.8) is 0 Å². The van der Waals surface area contributed by atoms with E-state index in [0.29, 0.717) is 16.7 Å². The Morgan fingerprint density at radius 2 is 1.64 bits per heavy atom. The number of rotatable bonds is 4. The zero-order valence-electron chi connectivity index (χ0n) is 21.4. The monoisotopic (exact) mass is 485 g/mol. The number of allylic oxidation sites excluding steroid dienone is 1. The van der Waals surface area contributed by atoms with Crippen LogP contribution in [0.5, 0.6) is 0 Å². The van der Waals surface area contributed by atoms with E-state index >= 15 is 0 Å². The van der Waals surface area contributed by atoms with Crippen molar-refractivity contribution in [2.45, 2.75) is 58.3 Å². The average molecular weight is 486 g/mol. The quantitative estimate of drug-likeness (QED) is 0.279. The van der Waals surface area contributed by atoms with Crippen molar-refractivity contribution < 1.29 is 19.1 Å². The number of anilines is 1. The normalized spacial score (nSPS) is 18.1. The molecule has 0 amide bonds. The molecule has 6 nitrogen and oxygen atoms in total. The van der Waals surface area contributed by atoms with E-state index in [1.54, 1.807) is 31.2 Å². The van der Waals surface area contributed by atoms with Gasteiger partial charge in [-0.15, -0.1) is 0 Å². The summed E-state index contributed by atoms with van der Waals surface area (Å²) in [7, 11) is 0. The Morgan fingerprint density at radius 3 is 2.28 bits per heavy atom. The highest BCUT2D eigenvalue weighted by molar-refractivity contribution is 6.12. The van der Waals surface area contributed by atoms with Crippen LogP contribution in [0.3, 0.4) is 0 Å². The van der Waals surface area contributed by atoms with E-state index in [1.807, 2.05) is 0 Å². The molecule has 2 aliphatic rings. The molecule has 1 aromatic heterocycles. The van der Waals surface area contributed by atoms with Crippen LogP contribution in [0.15, 0.2) is 51.2 Å². The zero-order chi connectivity index (χ0) is 26.0. The maximum atomic E-state index is 13.3. The molecular formula is C30H31NO5. The minimum Gasteiger partial charge on any atom is -0.478 e. The standard InChI is InChI=1S/C30H31NO5/c1-17(14-18-6-8-19(9-7-18)27(33)34)25(32)21-15-20-16-22-24-23(26(20)36-28(21)35)30(4,5)11-13-31(24)12-10-29(22,2)3/h6-9,14-16H,10-13H2,1-5H3,(H,33,34). The van der Waals surface area contributed by atoms with Crippen molar-refractivity contribution in [2.24, 2.45) is 0 Å². The molecular weight excluding hydrogens is 454 g/mol. The number of Topliss-reactive ketones (excluding diaryl/α,β-unsaturated/α-hetero) is 1. The van der Waals surface area contributed by atoms with Gasteiger partial charge in [-0.3, -0.25) is 4.79 Å². The number of carboxylic acids is 1. The molecule has 3 heterocycles. The highest BCUT2D eigenvalue weighted by Gasteiger charge is 2.42. The highest BCUT2D eigenvalue weighted by atomic mass is 16.4. The van der Waals surface area contributed by atoms with Crippen LogP contribution in [0.25, 0.3) is 17.0 Å². The van der Waals surface area contributed by atoms with E-state index in [-0.39, 0.29) is 22.0 Å². The lowest BCUT2D eigenvalue weighted by molar-refractivity contribution is 0.0696. The van der Waals surface area contributed by atoms with E-state index < -0.39 is 17.4 Å². The molecule has 0 radical (unpaired) electrons. The molecule has 186 valence electrons. The molecule has 0 bridgehead atoms. The Hall–Kier alpha value is -3.67. The van der Waals surface area contributed by atoms with E-state index in [2.05, 4.69) is 38.7 Å². The lowest BCUT2D eigenvalue weighted by atomic mass is 9.69. The molecule has 0 fully saturated rings. The molecule has 0 atom stereocenters. The van der Waals surface area contributed by atoms with Gasteiger partial charge < -0.3 is 14.4 Å². The average Bonchev–Trinajstić information content (AvgIpc) is 2.81. The molecule has 0 saturated carbocycles. The summed E-state index contributed by atoms with van der Waals surface area (Å²) >= 11 is 0. The lowest BCUT2D eigenvalue weighted by Gasteiger charge is -2.48. The van der Waals surface area contributed by atoms with Crippen molar-refractivity contribution in [1.29, 1.82) is 0 Å². The maximum absolute atomic E-state index is 13.3. The molecule has 36 heavy (non-hydrogen) atoms. The first-order valence-corrected chi connectivity index (χ1v) is 12.4. The Balaban J connectivity index is 1.64. The van der Waals surface area contributed by atoms with Crippen LogP contribution in [0.4, 0.5) is 5.69 Å². The maximum Gasteiger partial charge on any atom is 0.347 e. The Kier molecular flexibility index (Phi) is 5.47. The fraction of sp³-hybridized carbons (Fsp3) is 0.367. The van der Waals surface area contributed by atoms with Gasteiger partial charge in [0.15, 0.2) is 5.78 Å². The second-order valence-corrected chi connectivity index (χ2v) is 11.4. The molecule has 3 aromatic rings. The number of nitrogens with zero attached hydrogens (tertiary/aromatic N) is 1. The second-order valence-electron chi connectivity index (χ2n) is 11.4. The van der Waals surface area contributed by atoms with Crippen molar-refractivity contribution >= 4 is 34.5 Å². The van der Waals surface area contributed by atoms with Gasteiger partial charge in [-0.25, -0.2) is 9.59 Å². The molecule has 2 aromatic carbocycles. The molecule has 0 spiro atoms. The van der Waals surface area contributed by atoms with Crippen LogP contribution in [-0.2, 0) is 10.8 Å². The first kappa shape index (κ1) is 24.0. The van der Waals surface area contributed by atoms with Gasteiger partial charge in [-0.05, 0) is 77.6 Å². The number of fused-ring (bicyclic) bond motifs is 2. The number of carbonyl (C=O) groups is 2. The lowest BCUT2D eigenvalue weighted by Crippen LogP contribution is -2.44. The molecule has 0 saturated heterocycles. The number of ketones is 1. The summed E-state index contributed by atoms with van der Waals surface area (Å²) in [4.78, 5) is 40.0. The minimum absolute atomic E-state index is 0.00430. The summed E-state index contributed by atoms with van der Waals surface area (Å²) in [5.41, 5.74) is 4.47. The van der Waals surface area contributed by atoms with Crippen LogP contribution in [-0.4, -0.2) is 29.9 Å². The third-order valence-corrected chi connectivity index (χ3v) is 7.87. The molecule has 5 rings (SSSR count). The van der Waals surface area contributed by atoms with E-state index in [1.165, 1.54) is 23.4 Å². The van der Waals surface area contributed by atoms with Crippen LogP contribution in [0.1, 0.15) is 84.9 Å². The van der Waals surface area contributed by atoms with Crippen molar-refractivity contribution in [1.82, 2.24) is 0 Å². The van der Waals surface area contributed by atoms with Gasteiger partial charge in [0.25, 0.3) is 0 Å². The molecule has 0 unspecified atom stereocenters. The molecule has 2 aliphatic heterocycles. The summed E-state index contributed by atoms with van der Waals surface area (Å²) in [5.74, 6) is -1.41. The fourth-order valence-corrected chi connectivity index (χ4v) is 5.56. The summed E-state index contributed by atoms with van der Waals surface area (Å²) < 4.78 is 5.93. The smallest absolute Gasteiger partial charge is 0.347 e. The summed E-state index contributed by atoms with van der Waals surface area (Å²) in [6.07, 6.45) is 3.65. The van der Waals surface area contributed by atoms with E-state index in [4.69, 9.17) is 9.52 Å². The fourth-order valence-electron chi connectivity index (χ4n) is 5.56. The van der Waals surface area contributed by atoms with Crippen LogP contribution in [0, 0.1) is 0 Å². The minimum atomic E-state index is -1.01. The largest absolute Gasteiger partial charge is 0.478 e. The first-order valence-electron chi connectivity index (χ1n) is 12.4. The Morgan fingerprint density at radius 1 is 1.00 bits per heavy atom. The van der Waals surface area contributed by atoms with Gasteiger partial charge in [-0.1, -0.05) is 39.8 Å². The Labute approximate surface area is 210 Å². The number of benzene rings is 2. The Bertz CT molecular complexity index is 1500. The highest BCUT2D eigenvalue weighted by Crippen LogP contribution is 2.51. The van der Waals surface area contributed by atoms with Gasteiger partial charge in [-0.2, -0.15) is 0 Å². The topological polar surface area (TPSA) is 87.8 Å². The molecule has 1 N–H and O–H groups in total. The van der Waals surface area contributed by atoms with Gasteiger partial charge >= 0.3 is 11.6 Å². The predicted molar refractivity (Wildman–Crippen MR) is 141 cm³/mol. The van der Waals surface area contributed by atoms with Crippen LogP contribution >= 0.6 is 0 Å². The number of hydrogen-bond acceptors (Lipinski definition) is 5. The van der Waals surface area contributed by atoms with E-state index in [0.717, 1.165) is 36.9 Å². The van der Waals surface area contributed by atoms with Crippen LogP contribution in [0.2, 0.25) is 0 Å². The SMILES string of the molecule is CC(=Cc1ccc(C(=O)O)cc1)C(=O)c1cc2cc3c4c(c2oc1=O)C(C)(C)CCN4CCC3(C)C. The van der Waals surface area contributed by atoms with E-state index in [9.17, 15) is 14.4 Å². The predicted octanol–water partition coefficient (Wildman–Crippen LogP) is 5.95. The number of carbonyl (C=O) groups excluding carboxylic acids is 1. The second kappa shape index (κ2) is 8.19. The molecule has 0 aliphatic carbocycles. The van der Waals surface area contributed by atoms with Gasteiger partial charge in [0.05, 0.1) is 5.56 Å². The van der Waals surface area contributed by atoms with Gasteiger partial charge in [0, 0.05) is 29.7 Å². The summed E-state index contributed by atoms with van der Waals surface area (Å²) in [5, 5.41) is 9.86. The number of aromatic carboxylic acids is 1. The number of carboxylic acid groups (broad SMARTS) is 1. The zero-order valence-corrected chi connectivity index (χ0v) is 21.4. The van der Waals surface area contributed by atoms with Crippen LogP contribution < -0.4 is 10.5 Å². The van der Waals surface area contributed by atoms with Crippen molar-refractivity contribution in [3.05, 3.63) is 80.2 Å². The summed E-state index contributed by atoms with van der Waals surface area (Å²) in [6, 6.07) is 10.0. The molecule has 6 heteroatoms. The van der Waals surface area contributed by atoms with Crippen molar-refractivity contribution in [2.75, 3.05) is 18.0 Å². The third kappa shape index (κ3) is 3.85. The van der Waals surface area contributed by atoms with Crippen molar-refractivity contribution in [3.8, 4) is 0 Å².